The van der Waals surface area contributed by atoms with Crippen LogP contribution in [0.1, 0.15) is 98.2 Å². The van der Waals surface area contributed by atoms with Crippen molar-refractivity contribution >= 4 is 35.9 Å². The first kappa shape index (κ1) is 48.0. The van der Waals surface area contributed by atoms with E-state index >= 15 is 0 Å². The molecule has 2 rings (SSSR count). The molecule has 57 heavy (non-hydrogen) atoms. The summed E-state index contributed by atoms with van der Waals surface area (Å²) in [6.45, 7) is 13.0. The molecule has 0 spiro atoms. The molecule has 0 aliphatic heterocycles. The summed E-state index contributed by atoms with van der Waals surface area (Å²) < 4.78 is 15.5. The van der Waals surface area contributed by atoms with Gasteiger partial charge in [-0.1, -0.05) is 64.4 Å². The maximum absolute atomic E-state index is 13.9. The van der Waals surface area contributed by atoms with Gasteiger partial charge in [0.1, 0.15) is 30.3 Å². The highest BCUT2D eigenvalue weighted by molar-refractivity contribution is 5.94. The number of unbranched alkanes of at least 4 members (excludes halogenated alkanes) is 1. The van der Waals surface area contributed by atoms with Gasteiger partial charge in [0.25, 0.3) is 0 Å². The highest BCUT2D eigenvalue weighted by Crippen LogP contribution is 2.15. The van der Waals surface area contributed by atoms with Gasteiger partial charge in [-0.25, -0.2) is 19.4 Å². The highest BCUT2D eigenvalue weighted by Gasteiger charge is 2.33. The number of hydrogen-bond donors (Lipinski definition) is 7. The van der Waals surface area contributed by atoms with Crippen molar-refractivity contribution in [3.63, 3.8) is 0 Å². The van der Waals surface area contributed by atoms with Crippen molar-refractivity contribution < 1.29 is 48.1 Å². The van der Waals surface area contributed by atoms with Gasteiger partial charge in [0.05, 0.1) is 32.0 Å². The lowest BCUT2D eigenvalue weighted by Crippen LogP contribution is -2.58. The number of aromatic amines is 1. The third-order valence-corrected chi connectivity index (χ3v) is 8.91. The summed E-state index contributed by atoms with van der Waals surface area (Å²) in [7, 11) is 1.20. The zero-order chi connectivity index (χ0) is 42.5. The summed E-state index contributed by atoms with van der Waals surface area (Å²) in [6, 6.07) is 4.94. The lowest BCUT2D eigenvalue weighted by molar-refractivity contribution is -0.145. The van der Waals surface area contributed by atoms with Crippen molar-refractivity contribution in [3.05, 3.63) is 54.1 Å². The van der Waals surface area contributed by atoms with E-state index in [1.807, 2.05) is 51.1 Å². The molecule has 0 aliphatic carbocycles. The third kappa shape index (κ3) is 19.0. The molecular formula is C40H63N7O10. The molecule has 5 amide bonds. The van der Waals surface area contributed by atoms with Crippen LogP contribution in [-0.4, -0.2) is 100 Å². The van der Waals surface area contributed by atoms with Crippen LogP contribution in [0.15, 0.2) is 42.9 Å². The maximum atomic E-state index is 13.9. The van der Waals surface area contributed by atoms with Gasteiger partial charge in [0.15, 0.2) is 0 Å². The van der Waals surface area contributed by atoms with Crippen LogP contribution in [0.4, 0.5) is 9.59 Å². The molecule has 1 aromatic heterocycles. The second-order valence-corrected chi connectivity index (χ2v) is 15.5. The fraction of sp³-hybridized carbons (Fsp3) is 0.625. The Hall–Kier alpha value is -5.19. The maximum Gasteiger partial charge on any atom is 0.407 e. The first-order chi connectivity index (χ1) is 26.9. The van der Waals surface area contributed by atoms with Gasteiger partial charge >= 0.3 is 18.2 Å². The molecule has 1 aromatic carbocycles. The number of aliphatic hydroxyl groups excluding tert-OH is 1. The van der Waals surface area contributed by atoms with Crippen molar-refractivity contribution in [3.8, 4) is 0 Å². The topological polar surface area (TPSA) is 239 Å². The van der Waals surface area contributed by atoms with Gasteiger partial charge in [0.2, 0.25) is 17.7 Å². The zero-order valence-corrected chi connectivity index (χ0v) is 34.5. The van der Waals surface area contributed by atoms with Crippen molar-refractivity contribution in [1.29, 1.82) is 0 Å². The molecule has 0 saturated heterocycles. The summed E-state index contributed by atoms with van der Waals surface area (Å²) >= 11 is 0. The van der Waals surface area contributed by atoms with Crippen LogP contribution in [0.5, 0.6) is 0 Å². The lowest BCUT2D eigenvalue weighted by Gasteiger charge is -2.29. The number of nitrogens with zero attached hydrogens (tertiary/aromatic N) is 1. The fourth-order valence-electron chi connectivity index (χ4n) is 5.73. The molecule has 6 atom stereocenters. The van der Waals surface area contributed by atoms with Gasteiger partial charge in [-0.05, 0) is 63.9 Å². The summed E-state index contributed by atoms with van der Waals surface area (Å²) in [5, 5.41) is 24.6. The Morgan fingerprint density at radius 2 is 1.58 bits per heavy atom. The number of aromatic nitrogens is 2. The van der Waals surface area contributed by atoms with Crippen LogP contribution in [0.3, 0.4) is 0 Å². The molecule has 7 N–H and O–H groups in total. The van der Waals surface area contributed by atoms with E-state index in [0.717, 1.165) is 5.56 Å². The highest BCUT2D eigenvalue weighted by atomic mass is 16.6. The number of rotatable bonds is 23. The minimum absolute atomic E-state index is 0.0198. The second-order valence-electron chi connectivity index (χ2n) is 15.5. The monoisotopic (exact) mass is 801 g/mol. The standard InChI is InChI=1S/C40H63N7O10/c1-9-26(4)34(47-33(49)21-32(48)30(19-25(2)3)46-39(54)56-23-27-15-11-10-12-16-27)36(51)45-31(20-28-22-41-24-43-28)35(50)44-29(37(52)55-8)17-13-14-18-42-38(53)57-40(5,6)7/h10-12,15-16,22,24-26,29-32,34,48H,9,13-14,17-21,23H2,1-8H3,(H,41,43)(H,42,53)(H,44,50)(H,45,51)(H,46,54)(H,47,49)/t26-,29-,30-,31-,32-,34-/m0/s1. The van der Waals surface area contributed by atoms with Crippen LogP contribution in [0, 0.1) is 11.8 Å². The van der Waals surface area contributed by atoms with Crippen LogP contribution in [-0.2, 0) is 46.4 Å². The van der Waals surface area contributed by atoms with Crippen LogP contribution in [0.25, 0.3) is 0 Å². The Kier molecular flexibility index (Phi) is 20.6. The lowest BCUT2D eigenvalue weighted by atomic mass is 9.95. The minimum Gasteiger partial charge on any atom is -0.467 e. The SMILES string of the molecule is CC[C@H](C)[C@H](NC(=O)C[C@H](O)[C@H](CC(C)C)NC(=O)OCc1ccccc1)C(=O)N[C@@H](Cc1cnc[nH]1)C(=O)N[C@@H](CCCCNC(=O)OC(C)(C)C)C(=O)OC. The zero-order valence-electron chi connectivity index (χ0n) is 34.5. The molecule has 17 heteroatoms. The summed E-state index contributed by atoms with van der Waals surface area (Å²) in [6.07, 6.45) is 1.79. The molecule has 0 unspecified atom stereocenters. The Morgan fingerprint density at radius 1 is 0.895 bits per heavy atom. The van der Waals surface area contributed by atoms with Crippen molar-refractivity contribution in [1.82, 2.24) is 36.6 Å². The van der Waals surface area contributed by atoms with E-state index in [0.29, 0.717) is 31.4 Å². The second kappa shape index (κ2) is 24.4. The molecule has 0 fully saturated rings. The fourth-order valence-corrected chi connectivity index (χ4v) is 5.73. The Balaban J connectivity index is 2.12. The number of imidazole rings is 1. The average molecular weight is 802 g/mol. The Labute approximate surface area is 335 Å². The van der Waals surface area contributed by atoms with Crippen molar-refractivity contribution in [2.24, 2.45) is 11.8 Å². The van der Waals surface area contributed by atoms with Crippen LogP contribution >= 0.6 is 0 Å². The molecule has 1 heterocycles. The normalized spacial score (nSPS) is 14.5. The molecule has 17 nitrogen and oxygen atoms in total. The van der Waals surface area contributed by atoms with E-state index in [4.69, 9.17) is 14.2 Å². The van der Waals surface area contributed by atoms with Gasteiger partial charge in [-0.15, -0.1) is 0 Å². The first-order valence-corrected chi connectivity index (χ1v) is 19.5. The van der Waals surface area contributed by atoms with Gasteiger partial charge in [-0.3, -0.25) is 14.4 Å². The number of H-pyrrole nitrogens is 1. The molecule has 0 radical (unpaired) electrons. The number of carbonyl (C=O) groups is 6. The van der Waals surface area contributed by atoms with E-state index < -0.39 is 84.1 Å². The van der Waals surface area contributed by atoms with Gasteiger partial charge < -0.3 is 50.9 Å². The van der Waals surface area contributed by atoms with Crippen molar-refractivity contribution in [2.45, 2.75) is 136 Å². The van der Waals surface area contributed by atoms with E-state index in [2.05, 4.69) is 36.6 Å². The van der Waals surface area contributed by atoms with Crippen molar-refractivity contribution in [2.75, 3.05) is 13.7 Å². The van der Waals surface area contributed by atoms with E-state index in [9.17, 15) is 33.9 Å². The number of hydrogen-bond acceptors (Lipinski definition) is 11. The number of esters is 1. The number of ether oxygens (including phenoxy) is 3. The van der Waals surface area contributed by atoms with Gasteiger partial charge in [-0.2, -0.15) is 0 Å². The molecule has 318 valence electrons. The Morgan fingerprint density at radius 3 is 2.18 bits per heavy atom. The van der Waals surface area contributed by atoms with E-state index in [1.54, 1.807) is 27.7 Å². The average Bonchev–Trinajstić information content (AvgIpc) is 3.67. The molecule has 0 bridgehead atoms. The number of carbonyl (C=O) groups excluding carboxylic acids is 6. The van der Waals surface area contributed by atoms with Gasteiger partial charge in [0, 0.05) is 24.9 Å². The number of alkyl carbamates (subject to hydrolysis) is 2. The molecule has 2 aromatic rings. The van der Waals surface area contributed by atoms with E-state index in [-0.39, 0.29) is 31.9 Å². The minimum atomic E-state index is -1.31. The molecular weight excluding hydrogens is 738 g/mol. The quantitative estimate of drug-likeness (QED) is 0.0488. The summed E-state index contributed by atoms with van der Waals surface area (Å²) in [5.41, 5.74) is 0.666. The number of benzene rings is 1. The third-order valence-electron chi connectivity index (χ3n) is 8.91. The number of methoxy groups -OCH3 is 1. The largest absolute Gasteiger partial charge is 0.467 e. The number of aliphatic hydroxyl groups is 1. The summed E-state index contributed by atoms with van der Waals surface area (Å²) in [4.78, 5) is 85.2. The first-order valence-electron chi connectivity index (χ1n) is 19.5. The number of nitrogens with one attached hydrogen (secondary N) is 6. The Bertz CT molecular complexity index is 1550. The smallest absolute Gasteiger partial charge is 0.407 e. The summed E-state index contributed by atoms with van der Waals surface area (Å²) in [5.74, 6) is -3.00. The number of amides is 5. The molecule has 0 aliphatic rings. The van der Waals surface area contributed by atoms with E-state index in [1.165, 1.54) is 19.6 Å². The van der Waals surface area contributed by atoms with Crippen LogP contribution in [0.2, 0.25) is 0 Å². The predicted molar refractivity (Wildman–Crippen MR) is 211 cm³/mol. The van der Waals surface area contributed by atoms with Crippen LogP contribution < -0.4 is 26.6 Å². The molecule has 0 saturated carbocycles. The predicted octanol–water partition coefficient (Wildman–Crippen LogP) is 3.41.